The number of aromatic nitrogens is 3. The van der Waals surface area contributed by atoms with Gasteiger partial charge in [-0.25, -0.2) is 0 Å². The van der Waals surface area contributed by atoms with E-state index < -0.39 is 0 Å². The third-order valence-electron chi connectivity index (χ3n) is 4.22. The van der Waals surface area contributed by atoms with E-state index in [1.807, 2.05) is 0 Å². The van der Waals surface area contributed by atoms with Gasteiger partial charge < -0.3 is 10.6 Å². The topological polar surface area (TPSA) is 70.8 Å². The van der Waals surface area contributed by atoms with Crippen molar-refractivity contribution in [1.82, 2.24) is 15.2 Å². The molecule has 2 heterocycles. The Labute approximate surface area is 108 Å². The second kappa shape index (κ2) is 5.26. The molecule has 2 aliphatic rings. The third kappa shape index (κ3) is 2.66. The molecule has 1 aromatic heterocycles. The maximum Gasteiger partial charge on any atom is 0.244 e. The fourth-order valence-corrected chi connectivity index (χ4v) is 3.20. The second-order valence-corrected chi connectivity index (χ2v) is 5.79. The molecule has 2 fully saturated rings. The van der Waals surface area contributed by atoms with Crippen molar-refractivity contribution in [1.29, 1.82) is 0 Å². The summed E-state index contributed by atoms with van der Waals surface area (Å²) in [7, 11) is 0. The van der Waals surface area contributed by atoms with Crippen LogP contribution in [0.3, 0.4) is 0 Å². The Bertz CT molecular complexity index is 382. The molecule has 3 rings (SSSR count). The summed E-state index contributed by atoms with van der Waals surface area (Å²) in [4.78, 5) is 6.85. The number of hydrogen-bond acceptors (Lipinski definition) is 4. The first-order valence-electron chi connectivity index (χ1n) is 7.23. The molecular weight excluding hydrogens is 226 g/mol. The molecule has 0 amide bonds. The number of rotatable bonds is 3. The van der Waals surface area contributed by atoms with Crippen LogP contribution in [-0.2, 0) is 6.42 Å². The van der Waals surface area contributed by atoms with Gasteiger partial charge in [-0.05, 0) is 18.8 Å². The lowest BCUT2D eigenvalue weighted by molar-refractivity contribution is 0.499. The van der Waals surface area contributed by atoms with Gasteiger partial charge in [0.1, 0.15) is 5.82 Å². The monoisotopic (exact) mass is 249 g/mol. The Morgan fingerprint density at radius 3 is 2.83 bits per heavy atom. The molecule has 1 aromatic rings. The predicted octanol–water partition coefficient (Wildman–Crippen LogP) is 1.46. The SMILES string of the molecule is NC1CCCN(c2n[nH]c(CC3CCCC3)n2)C1. The number of piperidine rings is 1. The zero-order valence-electron chi connectivity index (χ0n) is 10.9. The summed E-state index contributed by atoms with van der Waals surface area (Å²) in [5, 5.41) is 7.45. The quantitative estimate of drug-likeness (QED) is 0.851. The molecule has 1 saturated heterocycles. The molecule has 1 aliphatic carbocycles. The Kier molecular flexibility index (Phi) is 3.50. The van der Waals surface area contributed by atoms with Crippen molar-refractivity contribution in [3.05, 3.63) is 5.82 Å². The van der Waals surface area contributed by atoms with Crippen LogP contribution in [0.4, 0.5) is 5.95 Å². The minimum Gasteiger partial charge on any atom is -0.338 e. The van der Waals surface area contributed by atoms with Crippen LogP contribution in [0.1, 0.15) is 44.3 Å². The van der Waals surface area contributed by atoms with Gasteiger partial charge in [0.25, 0.3) is 0 Å². The van der Waals surface area contributed by atoms with E-state index in [1.54, 1.807) is 0 Å². The van der Waals surface area contributed by atoms with Crippen LogP contribution in [0.5, 0.6) is 0 Å². The summed E-state index contributed by atoms with van der Waals surface area (Å²) in [5.41, 5.74) is 5.99. The molecule has 0 radical (unpaired) electrons. The van der Waals surface area contributed by atoms with Crippen molar-refractivity contribution in [2.75, 3.05) is 18.0 Å². The Morgan fingerprint density at radius 2 is 2.06 bits per heavy atom. The van der Waals surface area contributed by atoms with Crippen molar-refractivity contribution in [2.24, 2.45) is 11.7 Å². The van der Waals surface area contributed by atoms with Crippen molar-refractivity contribution in [3.63, 3.8) is 0 Å². The zero-order chi connectivity index (χ0) is 12.4. The lowest BCUT2D eigenvalue weighted by Gasteiger charge is -2.29. The molecular formula is C13H23N5. The first kappa shape index (κ1) is 12.0. The minimum absolute atomic E-state index is 0.274. The molecule has 5 nitrogen and oxygen atoms in total. The van der Waals surface area contributed by atoms with Gasteiger partial charge in [-0.2, -0.15) is 4.98 Å². The summed E-state index contributed by atoms with van der Waals surface area (Å²) in [6, 6.07) is 0.274. The highest BCUT2D eigenvalue weighted by atomic mass is 15.4. The molecule has 3 N–H and O–H groups in total. The number of nitrogens with two attached hydrogens (primary N) is 1. The molecule has 1 atom stereocenters. The molecule has 0 aromatic carbocycles. The number of nitrogens with one attached hydrogen (secondary N) is 1. The van der Waals surface area contributed by atoms with Gasteiger partial charge in [-0.15, -0.1) is 5.10 Å². The molecule has 5 heteroatoms. The van der Waals surface area contributed by atoms with Crippen LogP contribution in [0.15, 0.2) is 0 Å². The molecule has 0 spiro atoms. The van der Waals surface area contributed by atoms with E-state index in [-0.39, 0.29) is 6.04 Å². The fraction of sp³-hybridized carbons (Fsp3) is 0.846. The van der Waals surface area contributed by atoms with Crippen molar-refractivity contribution >= 4 is 5.95 Å². The van der Waals surface area contributed by atoms with Gasteiger partial charge in [-0.1, -0.05) is 25.7 Å². The van der Waals surface area contributed by atoms with E-state index in [0.29, 0.717) is 0 Å². The van der Waals surface area contributed by atoms with Gasteiger partial charge in [-0.3, -0.25) is 5.10 Å². The molecule has 1 saturated carbocycles. The van der Waals surface area contributed by atoms with Crippen LogP contribution in [-0.4, -0.2) is 34.3 Å². The normalized spacial score (nSPS) is 25.8. The van der Waals surface area contributed by atoms with E-state index in [4.69, 9.17) is 5.73 Å². The Morgan fingerprint density at radius 1 is 1.22 bits per heavy atom. The Hall–Kier alpha value is -1.10. The van der Waals surface area contributed by atoms with Crippen molar-refractivity contribution in [3.8, 4) is 0 Å². The largest absolute Gasteiger partial charge is 0.338 e. The zero-order valence-corrected chi connectivity index (χ0v) is 10.9. The highest BCUT2D eigenvalue weighted by Gasteiger charge is 2.21. The minimum atomic E-state index is 0.274. The van der Waals surface area contributed by atoms with Gasteiger partial charge in [0.15, 0.2) is 0 Å². The molecule has 1 aliphatic heterocycles. The van der Waals surface area contributed by atoms with Gasteiger partial charge in [0, 0.05) is 25.6 Å². The van der Waals surface area contributed by atoms with E-state index in [2.05, 4.69) is 20.1 Å². The summed E-state index contributed by atoms with van der Waals surface area (Å²) in [5.74, 6) is 2.71. The Balaban J connectivity index is 1.61. The lowest BCUT2D eigenvalue weighted by atomic mass is 10.0. The average molecular weight is 249 g/mol. The number of hydrogen-bond donors (Lipinski definition) is 2. The molecule has 18 heavy (non-hydrogen) atoms. The fourth-order valence-electron chi connectivity index (χ4n) is 3.20. The third-order valence-corrected chi connectivity index (χ3v) is 4.22. The van der Waals surface area contributed by atoms with Gasteiger partial charge >= 0.3 is 0 Å². The maximum atomic E-state index is 5.99. The van der Waals surface area contributed by atoms with E-state index >= 15 is 0 Å². The summed E-state index contributed by atoms with van der Waals surface area (Å²) in [6.07, 6.45) is 8.80. The number of nitrogens with zero attached hydrogens (tertiary/aromatic N) is 3. The van der Waals surface area contributed by atoms with E-state index in [9.17, 15) is 0 Å². The van der Waals surface area contributed by atoms with Crippen molar-refractivity contribution < 1.29 is 0 Å². The highest BCUT2D eigenvalue weighted by Crippen LogP contribution is 2.27. The lowest BCUT2D eigenvalue weighted by Crippen LogP contribution is -2.43. The van der Waals surface area contributed by atoms with Gasteiger partial charge in [0.05, 0.1) is 0 Å². The molecule has 1 unspecified atom stereocenters. The van der Waals surface area contributed by atoms with Crippen LogP contribution in [0.25, 0.3) is 0 Å². The van der Waals surface area contributed by atoms with E-state index in [1.165, 1.54) is 25.7 Å². The second-order valence-electron chi connectivity index (χ2n) is 5.79. The highest BCUT2D eigenvalue weighted by molar-refractivity contribution is 5.30. The van der Waals surface area contributed by atoms with Crippen LogP contribution in [0.2, 0.25) is 0 Å². The van der Waals surface area contributed by atoms with Gasteiger partial charge in [0.2, 0.25) is 5.95 Å². The number of anilines is 1. The molecule has 100 valence electrons. The van der Waals surface area contributed by atoms with Crippen molar-refractivity contribution in [2.45, 2.75) is 51.0 Å². The number of aromatic amines is 1. The first-order chi connectivity index (χ1) is 8.81. The molecule has 0 bridgehead atoms. The van der Waals surface area contributed by atoms with E-state index in [0.717, 1.165) is 50.0 Å². The summed E-state index contributed by atoms with van der Waals surface area (Å²) >= 11 is 0. The average Bonchev–Trinajstić information content (AvgIpc) is 3.01. The summed E-state index contributed by atoms with van der Waals surface area (Å²) < 4.78 is 0. The predicted molar refractivity (Wildman–Crippen MR) is 71.5 cm³/mol. The maximum absolute atomic E-state index is 5.99. The van der Waals surface area contributed by atoms with Crippen LogP contribution in [0, 0.1) is 5.92 Å². The number of H-pyrrole nitrogens is 1. The standard InChI is InChI=1S/C13H23N5/c14-11-6-3-7-18(9-11)13-15-12(16-17-13)8-10-4-1-2-5-10/h10-11H,1-9,14H2,(H,15,16,17). The first-order valence-corrected chi connectivity index (χ1v) is 7.23. The van der Waals surface area contributed by atoms with Crippen LogP contribution >= 0.6 is 0 Å². The summed E-state index contributed by atoms with van der Waals surface area (Å²) in [6.45, 7) is 1.93. The van der Waals surface area contributed by atoms with Crippen LogP contribution < -0.4 is 10.6 Å². The smallest absolute Gasteiger partial charge is 0.244 e.